The molecule has 0 bridgehead atoms. The lowest BCUT2D eigenvalue weighted by atomic mass is 10.0. The number of hydrogen-bond acceptors (Lipinski definition) is 5. The Hall–Kier alpha value is -2.37. The molecule has 5 nitrogen and oxygen atoms in total. The van der Waals surface area contributed by atoms with Crippen molar-refractivity contribution in [3.05, 3.63) is 65.2 Å². The van der Waals surface area contributed by atoms with E-state index in [0.717, 1.165) is 5.56 Å². The summed E-state index contributed by atoms with van der Waals surface area (Å²) in [7, 11) is 5.08. The maximum absolute atomic E-state index is 12.0. The number of benzene rings is 2. The van der Waals surface area contributed by atoms with Crippen molar-refractivity contribution in [1.82, 2.24) is 4.90 Å². The molecule has 24 heavy (non-hydrogen) atoms. The van der Waals surface area contributed by atoms with E-state index >= 15 is 0 Å². The molecule has 1 N–H and O–H groups in total. The molecule has 0 aliphatic heterocycles. The number of esters is 1. The topological polar surface area (TPSA) is 59.0 Å². The number of likely N-dealkylation sites (N-methyl/N-ethyl adjacent to an activating group) is 1. The average Bonchev–Trinajstić information content (AvgIpc) is 2.59. The summed E-state index contributed by atoms with van der Waals surface area (Å²) in [6.07, 6.45) is -0.688. The molecule has 2 aromatic carbocycles. The molecule has 0 aliphatic rings. The van der Waals surface area contributed by atoms with Gasteiger partial charge in [-0.05, 0) is 37.4 Å². The molecule has 0 unspecified atom stereocenters. The highest BCUT2D eigenvalue weighted by Crippen LogP contribution is 2.25. The van der Waals surface area contributed by atoms with Crippen LogP contribution in [-0.2, 0) is 11.3 Å². The zero-order chi connectivity index (χ0) is 17.5. The van der Waals surface area contributed by atoms with Gasteiger partial charge in [0, 0.05) is 6.54 Å². The Bertz CT molecular complexity index is 670. The van der Waals surface area contributed by atoms with Gasteiger partial charge < -0.3 is 19.5 Å². The lowest BCUT2D eigenvalue weighted by molar-refractivity contribution is 0.0595. The van der Waals surface area contributed by atoms with Crippen molar-refractivity contribution in [1.29, 1.82) is 0 Å². The summed E-state index contributed by atoms with van der Waals surface area (Å²) in [4.78, 5) is 13.9. The van der Waals surface area contributed by atoms with Crippen molar-refractivity contribution in [2.24, 2.45) is 0 Å². The minimum atomic E-state index is -0.688. The molecule has 0 radical (unpaired) electrons. The average molecular weight is 329 g/mol. The SMILES string of the molecule is COC(=O)c1cc([C@@H](O)CN(C)C)ccc1OCc1ccccc1. The molecule has 5 heteroatoms. The third-order valence-electron chi connectivity index (χ3n) is 3.57. The van der Waals surface area contributed by atoms with Crippen molar-refractivity contribution < 1.29 is 19.4 Å². The summed E-state index contributed by atoms with van der Waals surface area (Å²) in [6.45, 7) is 0.815. The third kappa shape index (κ3) is 4.81. The third-order valence-corrected chi connectivity index (χ3v) is 3.57. The maximum atomic E-state index is 12.0. The van der Waals surface area contributed by atoms with E-state index in [9.17, 15) is 9.90 Å². The molecule has 0 saturated carbocycles. The van der Waals surface area contributed by atoms with Gasteiger partial charge in [-0.25, -0.2) is 4.79 Å². The molecule has 0 saturated heterocycles. The Labute approximate surface area is 142 Å². The van der Waals surface area contributed by atoms with Crippen LogP contribution in [0.1, 0.15) is 27.6 Å². The Morgan fingerprint density at radius 3 is 2.50 bits per heavy atom. The number of rotatable bonds is 7. The quantitative estimate of drug-likeness (QED) is 0.792. The first kappa shape index (κ1) is 18.0. The van der Waals surface area contributed by atoms with Crippen molar-refractivity contribution in [3.63, 3.8) is 0 Å². The van der Waals surface area contributed by atoms with Gasteiger partial charge in [0.25, 0.3) is 0 Å². The van der Waals surface area contributed by atoms with Crippen molar-refractivity contribution in [2.75, 3.05) is 27.7 Å². The Balaban J connectivity index is 2.22. The van der Waals surface area contributed by atoms with Gasteiger partial charge in [-0.15, -0.1) is 0 Å². The van der Waals surface area contributed by atoms with E-state index in [4.69, 9.17) is 9.47 Å². The van der Waals surface area contributed by atoms with Crippen LogP contribution in [0.3, 0.4) is 0 Å². The molecule has 0 heterocycles. The summed E-state index contributed by atoms with van der Waals surface area (Å²) in [5.74, 6) is -0.0523. The van der Waals surface area contributed by atoms with Crippen LogP contribution in [-0.4, -0.2) is 43.7 Å². The maximum Gasteiger partial charge on any atom is 0.341 e. The van der Waals surface area contributed by atoms with Gasteiger partial charge >= 0.3 is 5.97 Å². The summed E-state index contributed by atoms with van der Waals surface area (Å²) in [6, 6.07) is 14.8. The lowest BCUT2D eigenvalue weighted by Gasteiger charge is -2.18. The second-order valence-corrected chi connectivity index (χ2v) is 5.80. The van der Waals surface area contributed by atoms with Gasteiger partial charge in [-0.3, -0.25) is 0 Å². The minimum Gasteiger partial charge on any atom is -0.488 e. The van der Waals surface area contributed by atoms with E-state index in [1.165, 1.54) is 7.11 Å². The Morgan fingerprint density at radius 2 is 1.88 bits per heavy atom. The highest BCUT2D eigenvalue weighted by molar-refractivity contribution is 5.92. The smallest absolute Gasteiger partial charge is 0.341 e. The highest BCUT2D eigenvalue weighted by atomic mass is 16.5. The summed E-state index contributed by atoms with van der Waals surface area (Å²) < 4.78 is 10.6. The van der Waals surface area contributed by atoms with Gasteiger partial charge in [-0.1, -0.05) is 36.4 Å². The van der Waals surface area contributed by atoms with Crippen molar-refractivity contribution >= 4 is 5.97 Å². The second kappa shape index (κ2) is 8.47. The molecule has 0 aromatic heterocycles. The van der Waals surface area contributed by atoms with Crippen LogP contribution in [0.2, 0.25) is 0 Å². The molecule has 0 fully saturated rings. The summed E-state index contributed by atoms with van der Waals surface area (Å²) in [5, 5.41) is 10.2. The van der Waals surface area contributed by atoms with Crippen LogP contribution < -0.4 is 4.74 Å². The number of ether oxygens (including phenoxy) is 2. The van der Waals surface area contributed by atoms with Crippen LogP contribution in [0.5, 0.6) is 5.75 Å². The number of carbonyl (C=O) groups is 1. The van der Waals surface area contributed by atoms with Crippen molar-refractivity contribution in [3.8, 4) is 5.75 Å². The monoisotopic (exact) mass is 329 g/mol. The predicted octanol–water partition coefficient (Wildman–Crippen LogP) is 2.65. The zero-order valence-corrected chi connectivity index (χ0v) is 14.2. The molecule has 2 aromatic rings. The largest absolute Gasteiger partial charge is 0.488 e. The van der Waals surface area contributed by atoms with Gasteiger partial charge in [0.05, 0.1) is 13.2 Å². The van der Waals surface area contributed by atoms with Crippen LogP contribution in [0.15, 0.2) is 48.5 Å². The summed E-state index contributed by atoms with van der Waals surface area (Å²) in [5.41, 5.74) is 1.96. The van der Waals surface area contributed by atoms with Crippen LogP contribution >= 0.6 is 0 Å². The van der Waals surface area contributed by atoms with Gasteiger partial charge in [0.15, 0.2) is 0 Å². The number of aliphatic hydroxyl groups is 1. The predicted molar refractivity (Wildman–Crippen MR) is 92.1 cm³/mol. The number of carbonyl (C=O) groups excluding carboxylic acids is 1. The van der Waals surface area contributed by atoms with Gasteiger partial charge in [-0.2, -0.15) is 0 Å². The molecule has 2 rings (SSSR count). The fraction of sp³-hybridized carbons (Fsp3) is 0.316. The second-order valence-electron chi connectivity index (χ2n) is 5.80. The molecule has 0 amide bonds. The Kier molecular flexibility index (Phi) is 6.35. The van der Waals surface area contributed by atoms with E-state index in [1.807, 2.05) is 49.3 Å². The highest BCUT2D eigenvalue weighted by Gasteiger charge is 2.17. The molecular weight excluding hydrogens is 306 g/mol. The number of methoxy groups -OCH3 is 1. The fourth-order valence-electron chi connectivity index (χ4n) is 2.34. The van der Waals surface area contributed by atoms with Crippen LogP contribution in [0.25, 0.3) is 0 Å². The zero-order valence-electron chi connectivity index (χ0n) is 14.2. The summed E-state index contributed by atoms with van der Waals surface area (Å²) >= 11 is 0. The van der Waals surface area contributed by atoms with Crippen LogP contribution in [0.4, 0.5) is 0 Å². The normalized spacial score (nSPS) is 12.0. The molecule has 0 spiro atoms. The number of hydrogen-bond donors (Lipinski definition) is 1. The van der Waals surface area contributed by atoms with Gasteiger partial charge in [0.1, 0.15) is 17.9 Å². The molecular formula is C19H23NO4. The number of nitrogens with zero attached hydrogens (tertiary/aromatic N) is 1. The first-order valence-electron chi connectivity index (χ1n) is 7.73. The van der Waals surface area contributed by atoms with Gasteiger partial charge in [0.2, 0.25) is 0 Å². The van der Waals surface area contributed by atoms with E-state index in [0.29, 0.717) is 30.0 Å². The molecule has 128 valence electrons. The van der Waals surface area contributed by atoms with E-state index in [1.54, 1.807) is 18.2 Å². The number of aliphatic hydroxyl groups excluding tert-OH is 1. The fourth-order valence-corrected chi connectivity index (χ4v) is 2.34. The van der Waals surface area contributed by atoms with Crippen LogP contribution in [0, 0.1) is 0 Å². The van der Waals surface area contributed by atoms with E-state index in [-0.39, 0.29) is 0 Å². The lowest BCUT2D eigenvalue weighted by Crippen LogP contribution is -2.20. The van der Waals surface area contributed by atoms with Crippen molar-refractivity contribution in [2.45, 2.75) is 12.7 Å². The molecule has 0 aliphatic carbocycles. The minimum absolute atomic E-state index is 0.309. The molecule has 1 atom stereocenters. The van der Waals surface area contributed by atoms with E-state index in [2.05, 4.69) is 0 Å². The standard InChI is InChI=1S/C19H23NO4/c1-20(2)12-17(21)15-9-10-18(16(11-15)19(22)23-3)24-13-14-7-5-4-6-8-14/h4-11,17,21H,12-13H2,1-3H3/t17-/m0/s1. The Morgan fingerprint density at radius 1 is 1.17 bits per heavy atom. The first-order chi connectivity index (χ1) is 11.5. The first-order valence-corrected chi connectivity index (χ1v) is 7.73. The van der Waals surface area contributed by atoms with E-state index < -0.39 is 12.1 Å².